The predicted molar refractivity (Wildman–Crippen MR) is 101 cm³/mol. The molecular formula is C19H24N3O3S+. The van der Waals surface area contributed by atoms with Gasteiger partial charge in [0.15, 0.2) is 6.54 Å². The Bertz CT molecular complexity index is 833. The van der Waals surface area contributed by atoms with Crippen LogP contribution in [0, 0.1) is 0 Å². The molecule has 7 heteroatoms. The fraction of sp³-hybridized carbons (Fsp3) is 0.316. The van der Waals surface area contributed by atoms with E-state index in [2.05, 4.69) is 0 Å². The van der Waals surface area contributed by atoms with Crippen LogP contribution in [0.1, 0.15) is 0 Å². The first-order chi connectivity index (χ1) is 12.5. The Kier molecular flexibility index (Phi) is 5.70. The summed E-state index contributed by atoms with van der Waals surface area (Å²) in [7, 11) is -1.68. The van der Waals surface area contributed by atoms with E-state index in [-0.39, 0.29) is 5.91 Å². The normalized spacial score (nSPS) is 16.3. The van der Waals surface area contributed by atoms with Crippen LogP contribution in [0.25, 0.3) is 0 Å². The van der Waals surface area contributed by atoms with E-state index < -0.39 is 10.0 Å². The lowest BCUT2D eigenvalue weighted by Gasteiger charge is -2.32. The lowest BCUT2D eigenvalue weighted by Crippen LogP contribution is -3.15. The monoisotopic (exact) mass is 374 g/mol. The number of benzene rings is 2. The van der Waals surface area contributed by atoms with Crippen molar-refractivity contribution in [3.8, 4) is 0 Å². The van der Waals surface area contributed by atoms with Crippen molar-refractivity contribution in [2.45, 2.75) is 4.90 Å². The second-order valence-electron chi connectivity index (χ2n) is 6.43. The Morgan fingerprint density at radius 2 is 1.54 bits per heavy atom. The Morgan fingerprint density at radius 1 is 1.00 bits per heavy atom. The van der Waals surface area contributed by atoms with E-state index in [0.29, 0.717) is 37.6 Å². The highest BCUT2D eigenvalue weighted by atomic mass is 32.2. The van der Waals surface area contributed by atoms with E-state index in [1.54, 1.807) is 42.3 Å². The summed E-state index contributed by atoms with van der Waals surface area (Å²) in [5.74, 6) is 0.0329. The molecular weight excluding hydrogens is 350 g/mol. The van der Waals surface area contributed by atoms with Crippen LogP contribution in [-0.4, -0.2) is 58.4 Å². The van der Waals surface area contributed by atoms with Crippen LogP contribution in [0.2, 0.25) is 0 Å². The fourth-order valence-electron chi connectivity index (χ4n) is 3.09. The maximum absolute atomic E-state index is 12.7. The molecule has 2 aromatic rings. The number of rotatable bonds is 5. The van der Waals surface area contributed by atoms with E-state index in [0.717, 1.165) is 10.6 Å². The van der Waals surface area contributed by atoms with Gasteiger partial charge in [0.25, 0.3) is 5.91 Å². The van der Waals surface area contributed by atoms with Crippen molar-refractivity contribution in [2.24, 2.45) is 0 Å². The first kappa shape index (κ1) is 18.6. The second-order valence-corrected chi connectivity index (χ2v) is 8.37. The third-order valence-corrected chi connectivity index (χ3v) is 6.64. The smallest absolute Gasteiger partial charge is 0.281 e. The van der Waals surface area contributed by atoms with Gasteiger partial charge in [0.05, 0.1) is 31.1 Å². The molecule has 2 aromatic carbocycles. The molecule has 0 unspecified atom stereocenters. The molecule has 6 nitrogen and oxygen atoms in total. The number of carbonyl (C=O) groups is 1. The largest absolute Gasteiger partial charge is 0.325 e. The molecule has 26 heavy (non-hydrogen) atoms. The minimum absolute atomic E-state index is 0.0329. The third kappa shape index (κ3) is 4.12. The molecule has 0 aromatic heterocycles. The molecule has 3 rings (SSSR count). The van der Waals surface area contributed by atoms with Gasteiger partial charge in [-0.25, -0.2) is 8.42 Å². The molecule has 1 amide bonds. The van der Waals surface area contributed by atoms with Gasteiger partial charge >= 0.3 is 0 Å². The molecule has 0 aliphatic carbocycles. The number of para-hydroxylation sites is 1. The van der Waals surface area contributed by atoms with Crippen LogP contribution < -0.4 is 9.80 Å². The summed E-state index contributed by atoms with van der Waals surface area (Å²) in [5, 5.41) is 0. The summed E-state index contributed by atoms with van der Waals surface area (Å²) >= 11 is 0. The number of piperazine rings is 1. The van der Waals surface area contributed by atoms with Gasteiger partial charge in [-0.2, -0.15) is 4.31 Å². The lowest BCUT2D eigenvalue weighted by molar-refractivity contribution is -0.895. The quantitative estimate of drug-likeness (QED) is 0.816. The zero-order valence-corrected chi connectivity index (χ0v) is 15.7. The highest BCUT2D eigenvalue weighted by Gasteiger charge is 2.31. The highest BCUT2D eigenvalue weighted by Crippen LogP contribution is 2.15. The van der Waals surface area contributed by atoms with Crippen molar-refractivity contribution in [1.82, 2.24) is 4.31 Å². The van der Waals surface area contributed by atoms with Gasteiger partial charge in [-0.1, -0.05) is 36.4 Å². The zero-order chi connectivity index (χ0) is 18.6. The Morgan fingerprint density at radius 3 is 2.12 bits per heavy atom. The standard InChI is InChI=1S/C19H23N3O3S/c1-20(17-8-4-2-5-9-17)19(23)16-21-12-14-22(15-13-21)26(24,25)18-10-6-3-7-11-18/h2-11H,12-16H2,1H3/p+1. The van der Waals surface area contributed by atoms with Crippen molar-refractivity contribution < 1.29 is 18.1 Å². The van der Waals surface area contributed by atoms with Crippen LogP contribution in [0.3, 0.4) is 0 Å². The SMILES string of the molecule is CN(C(=O)C[NH+]1CCN(S(=O)(=O)c2ccccc2)CC1)c1ccccc1. The van der Waals surface area contributed by atoms with Crippen LogP contribution in [0.5, 0.6) is 0 Å². The zero-order valence-electron chi connectivity index (χ0n) is 14.8. The number of hydrogen-bond donors (Lipinski definition) is 1. The summed E-state index contributed by atoms with van der Waals surface area (Å²) in [6.45, 7) is 2.47. The number of carbonyl (C=O) groups excluding carboxylic acids is 1. The molecule has 1 aliphatic heterocycles. The fourth-order valence-corrected chi connectivity index (χ4v) is 4.55. The molecule has 0 bridgehead atoms. The molecule has 1 fully saturated rings. The van der Waals surface area contributed by atoms with Gasteiger partial charge in [-0.3, -0.25) is 4.79 Å². The molecule has 0 radical (unpaired) electrons. The Labute approximate surface area is 154 Å². The molecule has 0 spiro atoms. The van der Waals surface area contributed by atoms with Crippen LogP contribution in [0.15, 0.2) is 65.6 Å². The molecule has 0 atom stereocenters. The number of hydrogen-bond acceptors (Lipinski definition) is 3. The third-order valence-electron chi connectivity index (χ3n) is 4.73. The van der Waals surface area contributed by atoms with Crippen molar-refractivity contribution in [3.05, 3.63) is 60.7 Å². The molecule has 1 saturated heterocycles. The van der Waals surface area contributed by atoms with E-state index in [9.17, 15) is 13.2 Å². The number of quaternary nitrogens is 1. The summed E-state index contributed by atoms with van der Waals surface area (Å²) in [6.07, 6.45) is 0. The van der Waals surface area contributed by atoms with Crippen molar-refractivity contribution >= 4 is 21.6 Å². The van der Waals surface area contributed by atoms with Crippen LogP contribution in [0.4, 0.5) is 5.69 Å². The van der Waals surface area contributed by atoms with E-state index in [4.69, 9.17) is 0 Å². The Hall–Kier alpha value is -2.22. The second kappa shape index (κ2) is 7.99. The number of amides is 1. The van der Waals surface area contributed by atoms with Crippen molar-refractivity contribution in [1.29, 1.82) is 0 Å². The number of sulfonamides is 1. The average Bonchev–Trinajstić information content (AvgIpc) is 2.69. The molecule has 0 saturated carbocycles. The van der Waals surface area contributed by atoms with Gasteiger partial charge in [-0.05, 0) is 24.3 Å². The summed E-state index contributed by atoms with van der Waals surface area (Å²) in [4.78, 5) is 15.6. The summed E-state index contributed by atoms with van der Waals surface area (Å²) in [5.41, 5.74) is 0.863. The first-order valence-corrected chi connectivity index (χ1v) is 10.1. The molecule has 138 valence electrons. The Balaban J connectivity index is 1.56. The summed E-state index contributed by atoms with van der Waals surface area (Å²) in [6, 6.07) is 18.0. The van der Waals surface area contributed by atoms with Gasteiger partial charge in [-0.15, -0.1) is 0 Å². The van der Waals surface area contributed by atoms with Crippen molar-refractivity contribution in [2.75, 3.05) is 44.7 Å². The topological polar surface area (TPSA) is 62.1 Å². The number of nitrogens with zero attached hydrogens (tertiary/aromatic N) is 2. The maximum Gasteiger partial charge on any atom is 0.281 e. The molecule has 1 aliphatic rings. The maximum atomic E-state index is 12.7. The van der Waals surface area contributed by atoms with Gasteiger partial charge in [0.2, 0.25) is 10.0 Å². The van der Waals surface area contributed by atoms with E-state index >= 15 is 0 Å². The van der Waals surface area contributed by atoms with Gasteiger partial charge in [0.1, 0.15) is 0 Å². The number of likely N-dealkylation sites (N-methyl/N-ethyl adjacent to an activating group) is 1. The van der Waals surface area contributed by atoms with Gasteiger partial charge < -0.3 is 9.80 Å². The predicted octanol–water partition coefficient (Wildman–Crippen LogP) is 0.239. The lowest BCUT2D eigenvalue weighted by atomic mass is 10.3. The highest BCUT2D eigenvalue weighted by molar-refractivity contribution is 7.89. The van der Waals surface area contributed by atoms with Gasteiger partial charge in [0, 0.05) is 12.7 Å². The molecule has 1 N–H and O–H groups in total. The number of anilines is 1. The molecule has 1 heterocycles. The minimum atomic E-state index is -3.45. The van der Waals surface area contributed by atoms with E-state index in [1.807, 2.05) is 30.3 Å². The van der Waals surface area contributed by atoms with Crippen molar-refractivity contribution in [3.63, 3.8) is 0 Å². The summed E-state index contributed by atoms with van der Waals surface area (Å²) < 4.78 is 26.8. The number of nitrogens with one attached hydrogen (secondary N) is 1. The average molecular weight is 374 g/mol. The first-order valence-electron chi connectivity index (χ1n) is 8.69. The van der Waals surface area contributed by atoms with Crippen LogP contribution in [-0.2, 0) is 14.8 Å². The van der Waals surface area contributed by atoms with Crippen LogP contribution >= 0.6 is 0 Å². The minimum Gasteiger partial charge on any atom is -0.325 e. The van der Waals surface area contributed by atoms with E-state index in [1.165, 1.54) is 4.31 Å².